The molecule has 0 bridgehead atoms. The highest BCUT2D eigenvalue weighted by molar-refractivity contribution is 7.89. The van der Waals surface area contributed by atoms with Crippen molar-refractivity contribution in [1.29, 1.82) is 0 Å². The minimum absolute atomic E-state index is 0.538. The Morgan fingerprint density at radius 1 is 1.44 bits per heavy atom. The second kappa shape index (κ2) is 4.06. The number of nitro groups is 1. The summed E-state index contributed by atoms with van der Waals surface area (Å²) in [5, 5.41) is 15.0. The third-order valence-corrected chi connectivity index (χ3v) is 2.59. The molecule has 0 spiro atoms. The third kappa shape index (κ3) is 2.28. The van der Waals surface area contributed by atoms with E-state index in [2.05, 4.69) is 10.1 Å². The van der Waals surface area contributed by atoms with E-state index in [4.69, 9.17) is 0 Å². The van der Waals surface area contributed by atoms with Gasteiger partial charge in [-0.25, -0.2) is 22.3 Å². The number of primary sulfonamides is 1. The van der Waals surface area contributed by atoms with Crippen molar-refractivity contribution < 1.29 is 22.1 Å². The zero-order chi connectivity index (χ0) is 12.5. The minimum Gasteiger partial charge on any atom is -0.258 e. The maximum Gasteiger partial charge on any atom is 0.297 e. The Hall–Kier alpha value is -1.68. The molecule has 1 aromatic rings. The number of aromatic nitrogens is 1. The fourth-order valence-corrected chi connectivity index (χ4v) is 1.74. The van der Waals surface area contributed by atoms with E-state index in [0.717, 1.165) is 0 Å². The van der Waals surface area contributed by atoms with Gasteiger partial charge in [-0.3, -0.25) is 15.1 Å². The van der Waals surface area contributed by atoms with Gasteiger partial charge in [0, 0.05) is 6.20 Å². The first-order chi connectivity index (χ1) is 7.25. The molecule has 0 radical (unpaired) electrons. The quantitative estimate of drug-likeness (QED) is 0.624. The van der Waals surface area contributed by atoms with Crippen LogP contribution in [0.5, 0.6) is 0 Å². The summed E-state index contributed by atoms with van der Waals surface area (Å²) in [4.78, 5) is 11.4. The summed E-state index contributed by atoms with van der Waals surface area (Å²) in [7, 11) is -4.48. The molecule has 0 saturated heterocycles. The standard InChI is InChI=1S/C6H5F2N3O4S/c7-6(8)5-3(11(12)13)1-10-2-4(5)16(9,14)15/h1-2,6H,(H2,9,14,15). The van der Waals surface area contributed by atoms with Crippen LogP contribution in [0.2, 0.25) is 0 Å². The monoisotopic (exact) mass is 253 g/mol. The van der Waals surface area contributed by atoms with Crippen LogP contribution >= 0.6 is 0 Å². The predicted octanol–water partition coefficient (Wildman–Crippen LogP) is 0.575. The second-order valence-corrected chi connectivity index (χ2v) is 4.20. The summed E-state index contributed by atoms with van der Waals surface area (Å²) >= 11 is 0. The van der Waals surface area contributed by atoms with Gasteiger partial charge < -0.3 is 0 Å². The van der Waals surface area contributed by atoms with Crippen LogP contribution < -0.4 is 5.14 Å². The molecule has 0 aliphatic carbocycles. The molecule has 1 heterocycles. The largest absolute Gasteiger partial charge is 0.297 e. The van der Waals surface area contributed by atoms with Crippen molar-refractivity contribution in [3.05, 3.63) is 28.1 Å². The fourth-order valence-electron chi connectivity index (χ4n) is 1.03. The van der Waals surface area contributed by atoms with Crippen molar-refractivity contribution in [2.45, 2.75) is 11.3 Å². The zero-order valence-corrected chi connectivity index (χ0v) is 8.32. The van der Waals surface area contributed by atoms with Crippen LogP contribution in [0.25, 0.3) is 0 Å². The minimum atomic E-state index is -4.48. The molecular formula is C6H5F2N3O4S. The van der Waals surface area contributed by atoms with E-state index < -0.39 is 37.5 Å². The number of sulfonamides is 1. The molecule has 0 amide bonds. The van der Waals surface area contributed by atoms with Gasteiger partial charge >= 0.3 is 0 Å². The van der Waals surface area contributed by atoms with Gasteiger partial charge in [-0.2, -0.15) is 0 Å². The van der Waals surface area contributed by atoms with Gasteiger partial charge in [-0.1, -0.05) is 0 Å². The number of nitrogens with zero attached hydrogens (tertiary/aromatic N) is 2. The average Bonchev–Trinajstić information content (AvgIpc) is 2.14. The lowest BCUT2D eigenvalue weighted by Crippen LogP contribution is -2.16. The van der Waals surface area contributed by atoms with Crippen LogP contribution in [0.15, 0.2) is 17.3 Å². The van der Waals surface area contributed by atoms with E-state index in [1.165, 1.54) is 0 Å². The first-order valence-electron chi connectivity index (χ1n) is 3.68. The summed E-state index contributed by atoms with van der Waals surface area (Å²) in [5.74, 6) is 0. The number of hydrogen-bond donors (Lipinski definition) is 1. The lowest BCUT2D eigenvalue weighted by Gasteiger charge is -2.06. The van der Waals surface area contributed by atoms with E-state index in [-0.39, 0.29) is 0 Å². The van der Waals surface area contributed by atoms with Crippen molar-refractivity contribution in [2.24, 2.45) is 5.14 Å². The topological polar surface area (TPSA) is 116 Å². The number of halogens is 2. The highest BCUT2D eigenvalue weighted by atomic mass is 32.2. The van der Waals surface area contributed by atoms with Gasteiger partial charge in [0.05, 0.1) is 4.92 Å². The second-order valence-electron chi connectivity index (χ2n) is 2.67. The summed E-state index contributed by atoms with van der Waals surface area (Å²) in [6, 6.07) is 0. The van der Waals surface area contributed by atoms with Gasteiger partial charge in [-0.05, 0) is 0 Å². The van der Waals surface area contributed by atoms with Crippen molar-refractivity contribution in [3.8, 4) is 0 Å². The Labute approximate surface area is 88.1 Å². The Kier molecular flexibility index (Phi) is 3.14. The molecule has 16 heavy (non-hydrogen) atoms. The first-order valence-corrected chi connectivity index (χ1v) is 5.23. The number of hydrogen-bond acceptors (Lipinski definition) is 5. The number of alkyl halides is 2. The average molecular weight is 253 g/mol. The maximum atomic E-state index is 12.5. The Morgan fingerprint density at radius 3 is 2.38 bits per heavy atom. The van der Waals surface area contributed by atoms with Crippen LogP contribution in [-0.4, -0.2) is 18.3 Å². The Bertz CT molecular complexity index is 531. The number of rotatable bonds is 3. The van der Waals surface area contributed by atoms with Crippen LogP contribution in [0, 0.1) is 10.1 Å². The normalized spacial score (nSPS) is 11.8. The zero-order valence-electron chi connectivity index (χ0n) is 7.50. The van der Waals surface area contributed by atoms with Crippen LogP contribution in [0.1, 0.15) is 12.0 Å². The number of pyridine rings is 1. The maximum absolute atomic E-state index is 12.5. The highest BCUT2D eigenvalue weighted by Crippen LogP contribution is 2.32. The van der Waals surface area contributed by atoms with E-state index in [1.807, 2.05) is 0 Å². The molecule has 10 heteroatoms. The van der Waals surface area contributed by atoms with Crippen molar-refractivity contribution >= 4 is 15.7 Å². The first kappa shape index (κ1) is 12.4. The predicted molar refractivity (Wildman–Crippen MR) is 47.2 cm³/mol. The molecule has 1 rings (SSSR count). The summed E-state index contributed by atoms with van der Waals surface area (Å²) in [6.45, 7) is 0. The van der Waals surface area contributed by atoms with Crippen LogP contribution in [-0.2, 0) is 10.0 Å². The Morgan fingerprint density at radius 2 is 2.00 bits per heavy atom. The molecule has 7 nitrogen and oxygen atoms in total. The molecule has 0 saturated carbocycles. The molecule has 0 unspecified atom stereocenters. The van der Waals surface area contributed by atoms with Gasteiger partial charge in [0.25, 0.3) is 12.1 Å². The van der Waals surface area contributed by atoms with E-state index >= 15 is 0 Å². The lowest BCUT2D eigenvalue weighted by molar-refractivity contribution is -0.386. The van der Waals surface area contributed by atoms with E-state index in [1.54, 1.807) is 0 Å². The third-order valence-electron chi connectivity index (χ3n) is 1.65. The van der Waals surface area contributed by atoms with Crippen molar-refractivity contribution in [2.75, 3.05) is 0 Å². The summed E-state index contributed by atoms with van der Waals surface area (Å²) in [6.07, 6.45) is -2.25. The molecular weight excluding hydrogens is 248 g/mol. The smallest absolute Gasteiger partial charge is 0.258 e. The molecule has 1 aromatic heterocycles. The van der Waals surface area contributed by atoms with E-state index in [9.17, 15) is 27.3 Å². The lowest BCUT2D eigenvalue weighted by atomic mass is 10.2. The fraction of sp³-hybridized carbons (Fsp3) is 0.167. The molecule has 0 aliphatic heterocycles. The molecule has 88 valence electrons. The van der Waals surface area contributed by atoms with Gasteiger partial charge in [-0.15, -0.1) is 0 Å². The highest BCUT2D eigenvalue weighted by Gasteiger charge is 2.30. The van der Waals surface area contributed by atoms with Gasteiger partial charge in [0.2, 0.25) is 10.0 Å². The molecule has 0 atom stereocenters. The summed E-state index contributed by atoms with van der Waals surface area (Å²) in [5.41, 5.74) is -2.33. The number of nitrogens with two attached hydrogens (primary N) is 1. The SMILES string of the molecule is NS(=O)(=O)c1cncc([N+](=O)[O-])c1C(F)F. The molecule has 0 aromatic carbocycles. The van der Waals surface area contributed by atoms with Crippen LogP contribution in [0.3, 0.4) is 0 Å². The summed E-state index contributed by atoms with van der Waals surface area (Å²) < 4.78 is 46.9. The van der Waals surface area contributed by atoms with Crippen LogP contribution in [0.4, 0.5) is 14.5 Å². The Balaban J connectivity index is 3.65. The van der Waals surface area contributed by atoms with Gasteiger partial charge in [0.15, 0.2) is 0 Å². The van der Waals surface area contributed by atoms with Crippen molar-refractivity contribution in [1.82, 2.24) is 4.98 Å². The molecule has 0 fully saturated rings. The molecule has 2 N–H and O–H groups in total. The van der Waals surface area contributed by atoms with E-state index in [0.29, 0.717) is 12.4 Å². The van der Waals surface area contributed by atoms with Gasteiger partial charge in [0.1, 0.15) is 16.7 Å². The molecule has 0 aliphatic rings. The van der Waals surface area contributed by atoms with Crippen molar-refractivity contribution in [3.63, 3.8) is 0 Å².